The Morgan fingerprint density at radius 1 is 1.43 bits per heavy atom. The van der Waals surface area contributed by atoms with E-state index < -0.39 is 5.97 Å². The SMILES string of the molecule is CC(C)CC(CN1CC=CC1)C(=O)O. The Balaban J connectivity index is 2.38. The molecule has 1 rings (SSSR count). The van der Waals surface area contributed by atoms with Crippen molar-refractivity contribution in [1.82, 2.24) is 4.90 Å². The molecule has 1 heterocycles. The Morgan fingerprint density at radius 3 is 2.43 bits per heavy atom. The van der Waals surface area contributed by atoms with E-state index in [4.69, 9.17) is 5.11 Å². The van der Waals surface area contributed by atoms with Crippen LogP contribution in [-0.4, -0.2) is 35.6 Å². The molecule has 1 N–H and O–H groups in total. The topological polar surface area (TPSA) is 40.5 Å². The highest BCUT2D eigenvalue weighted by Crippen LogP contribution is 2.14. The second-order valence-electron chi connectivity index (χ2n) is 4.35. The molecule has 1 aliphatic heterocycles. The van der Waals surface area contributed by atoms with Gasteiger partial charge in [-0.3, -0.25) is 9.69 Å². The first-order valence-corrected chi connectivity index (χ1v) is 5.19. The van der Waals surface area contributed by atoms with Crippen molar-refractivity contribution >= 4 is 5.97 Å². The van der Waals surface area contributed by atoms with Crippen molar-refractivity contribution < 1.29 is 9.90 Å². The Hall–Kier alpha value is -0.830. The van der Waals surface area contributed by atoms with Crippen molar-refractivity contribution in [3.8, 4) is 0 Å². The van der Waals surface area contributed by atoms with Gasteiger partial charge in [0, 0.05) is 19.6 Å². The van der Waals surface area contributed by atoms with Gasteiger partial charge in [0.25, 0.3) is 0 Å². The van der Waals surface area contributed by atoms with Crippen LogP contribution in [0.15, 0.2) is 12.2 Å². The first-order valence-electron chi connectivity index (χ1n) is 5.19. The van der Waals surface area contributed by atoms with Crippen LogP contribution in [0.25, 0.3) is 0 Å². The summed E-state index contributed by atoms with van der Waals surface area (Å²) in [5.41, 5.74) is 0. The predicted octanol–water partition coefficient (Wildman–Crippen LogP) is 1.61. The van der Waals surface area contributed by atoms with Crippen LogP contribution in [-0.2, 0) is 4.79 Å². The monoisotopic (exact) mass is 197 g/mol. The lowest BCUT2D eigenvalue weighted by atomic mass is 9.97. The van der Waals surface area contributed by atoms with Gasteiger partial charge in [-0.2, -0.15) is 0 Å². The Kier molecular flexibility index (Phi) is 4.14. The van der Waals surface area contributed by atoms with Crippen LogP contribution < -0.4 is 0 Å². The van der Waals surface area contributed by atoms with Crippen LogP contribution in [0.1, 0.15) is 20.3 Å². The number of hydrogen-bond donors (Lipinski definition) is 1. The zero-order valence-corrected chi connectivity index (χ0v) is 8.94. The standard InChI is InChI=1S/C11H19NO2/c1-9(2)7-10(11(13)14)8-12-5-3-4-6-12/h3-4,9-10H,5-8H2,1-2H3,(H,13,14). The summed E-state index contributed by atoms with van der Waals surface area (Å²) in [7, 11) is 0. The fourth-order valence-electron chi connectivity index (χ4n) is 1.80. The van der Waals surface area contributed by atoms with Crippen molar-refractivity contribution in [1.29, 1.82) is 0 Å². The van der Waals surface area contributed by atoms with Gasteiger partial charge in [0.1, 0.15) is 0 Å². The van der Waals surface area contributed by atoms with E-state index in [0.717, 1.165) is 19.5 Å². The quantitative estimate of drug-likeness (QED) is 0.681. The van der Waals surface area contributed by atoms with Crippen molar-refractivity contribution in [3.05, 3.63) is 12.2 Å². The van der Waals surface area contributed by atoms with E-state index >= 15 is 0 Å². The van der Waals surface area contributed by atoms with E-state index in [1.165, 1.54) is 0 Å². The van der Waals surface area contributed by atoms with Gasteiger partial charge in [0.2, 0.25) is 0 Å². The van der Waals surface area contributed by atoms with Crippen molar-refractivity contribution in [2.75, 3.05) is 19.6 Å². The summed E-state index contributed by atoms with van der Waals surface area (Å²) in [6.45, 7) is 6.63. The third-order valence-electron chi connectivity index (χ3n) is 2.48. The number of carboxylic acid groups (broad SMARTS) is 1. The van der Waals surface area contributed by atoms with Gasteiger partial charge in [-0.05, 0) is 12.3 Å². The average Bonchev–Trinajstić information content (AvgIpc) is 2.54. The molecule has 3 nitrogen and oxygen atoms in total. The summed E-state index contributed by atoms with van der Waals surface area (Å²) in [4.78, 5) is 13.1. The summed E-state index contributed by atoms with van der Waals surface area (Å²) in [5.74, 6) is -0.424. The highest BCUT2D eigenvalue weighted by molar-refractivity contribution is 5.70. The zero-order chi connectivity index (χ0) is 10.6. The number of carbonyl (C=O) groups is 1. The van der Waals surface area contributed by atoms with Crippen LogP contribution >= 0.6 is 0 Å². The minimum absolute atomic E-state index is 0.213. The molecule has 0 saturated carbocycles. The molecule has 80 valence electrons. The molecule has 0 fully saturated rings. The van der Waals surface area contributed by atoms with Gasteiger partial charge in [-0.25, -0.2) is 0 Å². The Morgan fingerprint density at radius 2 is 2.00 bits per heavy atom. The molecule has 0 amide bonds. The van der Waals surface area contributed by atoms with E-state index in [1.807, 2.05) is 0 Å². The first kappa shape index (κ1) is 11.2. The molecule has 1 unspecified atom stereocenters. The summed E-state index contributed by atoms with van der Waals surface area (Å²) in [6, 6.07) is 0. The molecule has 1 atom stereocenters. The smallest absolute Gasteiger partial charge is 0.307 e. The van der Waals surface area contributed by atoms with Crippen LogP contribution in [0.3, 0.4) is 0 Å². The van der Waals surface area contributed by atoms with Gasteiger partial charge in [-0.15, -0.1) is 0 Å². The number of hydrogen-bond acceptors (Lipinski definition) is 2. The summed E-state index contributed by atoms with van der Waals surface area (Å²) >= 11 is 0. The molecule has 14 heavy (non-hydrogen) atoms. The van der Waals surface area contributed by atoms with E-state index in [1.54, 1.807) is 0 Å². The van der Waals surface area contributed by atoms with E-state index in [2.05, 4.69) is 30.9 Å². The maximum absolute atomic E-state index is 11.0. The van der Waals surface area contributed by atoms with Gasteiger partial charge in [-0.1, -0.05) is 26.0 Å². The molecule has 0 aromatic heterocycles. The van der Waals surface area contributed by atoms with Crippen LogP contribution in [0, 0.1) is 11.8 Å². The second kappa shape index (κ2) is 5.15. The third-order valence-corrected chi connectivity index (χ3v) is 2.48. The first-order chi connectivity index (χ1) is 6.59. The van der Waals surface area contributed by atoms with E-state index in [0.29, 0.717) is 12.5 Å². The van der Waals surface area contributed by atoms with Crippen molar-refractivity contribution in [2.24, 2.45) is 11.8 Å². The number of aliphatic carboxylic acids is 1. The maximum Gasteiger partial charge on any atom is 0.307 e. The molecule has 0 radical (unpaired) electrons. The molecular formula is C11H19NO2. The Labute approximate surface area is 85.4 Å². The van der Waals surface area contributed by atoms with Crippen LogP contribution in [0.4, 0.5) is 0 Å². The number of carboxylic acids is 1. The van der Waals surface area contributed by atoms with E-state index in [9.17, 15) is 4.79 Å². The highest BCUT2D eigenvalue weighted by Gasteiger charge is 2.22. The Bertz CT molecular complexity index is 215. The lowest BCUT2D eigenvalue weighted by Gasteiger charge is -2.21. The molecule has 3 heteroatoms. The van der Waals surface area contributed by atoms with E-state index in [-0.39, 0.29) is 5.92 Å². The van der Waals surface area contributed by atoms with Gasteiger partial charge < -0.3 is 5.11 Å². The van der Waals surface area contributed by atoms with Gasteiger partial charge >= 0.3 is 5.97 Å². The highest BCUT2D eigenvalue weighted by atomic mass is 16.4. The lowest BCUT2D eigenvalue weighted by molar-refractivity contribution is -0.142. The minimum Gasteiger partial charge on any atom is -0.481 e. The maximum atomic E-state index is 11.0. The third kappa shape index (κ3) is 3.50. The predicted molar refractivity (Wildman–Crippen MR) is 56.2 cm³/mol. The molecule has 1 aliphatic rings. The molecular weight excluding hydrogens is 178 g/mol. The molecule has 0 aliphatic carbocycles. The summed E-state index contributed by atoms with van der Waals surface area (Å²) in [5, 5.41) is 9.04. The molecule has 0 spiro atoms. The second-order valence-corrected chi connectivity index (χ2v) is 4.35. The molecule has 0 aromatic rings. The van der Waals surface area contributed by atoms with Crippen LogP contribution in [0.2, 0.25) is 0 Å². The summed E-state index contributed by atoms with van der Waals surface area (Å²) in [6.07, 6.45) is 4.95. The van der Waals surface area contributed by atoms with Crippen molar-refractivity contribution in [3.63, 3.8) is 0 Å². The van der Waals surface area contributed by atoms with Crippen molar-refractivity contribution in [2.45, 2.75) is 20.3 Å². The molecule has 0 aromatic carbocycles. The number of rotatable bonds is 5. The minimum atomic E-state index is -0.661. The largest absolute Gasteiger partial charge is 0.481 e. The zero-order valence-electron chi connectivity index (χ0n) is 8.94. The molecule has 0 bridgehead atoms. The molecule has 0 saturated heterocycles. The lowest BCUT2D eigenvalue weighted by Crippen LogP contribution is -2.32. The van der Waals surface area contributed by atoms with Gasteiger partial charge in [0.05, 0.1) is 5.92 Å². The number of nitrogens with zero attached hydrogens (tertiary/aromatic N) is 1. The van der Waals surface area contributed by atoms with Gasteiger partial charge in [0.15, 0.2) is 0 Å². The fourth-order valence-corrected chi connectivity index (χ4v) is 1.80. The average molecular weight is 197 g/mol. The fraction of sp³-hybridized carbons (Fsp3) is 0.727. The van der Waals surface area contributed by atoms with Crippen LogP contribution in [0.5, 0.6) is 0 Å². The normalized spacial score (nSPS) is 19.1. The summed E-state index contributed by atoms with van der Waals surface area (Å²) < 4.78 is 0.